The molecule has 13 heavy (non-hydrogen) atoms. The summed E-state index contributed by atoms with van der Waals surface area (Å²) in [6, 6.07) is 3.39. The molecule has 0 aliphatic heterocycles. The Morgan fingerprint density at radius 1 is 1.54 bits per heavy atom. The van der Waals surface area contributed by atoms with E-state index in [1.54, 1.807) is 24.5 Å². The standard InChI is InChI=1S/C8H5ClN2OS/c9-6-2-1-5(13-6)7(12)8-10-3-4-11-8/h1-4H,(H,10,11). The molecule has 0 amide bonds. The van der Waals surface area contributed by atoms with Crippen molar-refractivity contribution in [1.29, 1.82) is 0 Å². The number of aromatic nitrogens is 2. The van der Waals surface area contributed by atoms with Gasteiger partial charge in [-0.2, -0.15) is 0 Å². The Morgan fingerprint density at radius 2 is 2.38 bits per heavy atom. The fourth-order valence-corrected chi connectivity index (χ4v) is 1.93. The third kappa shape index (κ3) is 1.64. The second-order valence-corrected chi connectivity index (χ2v) is 4.09. The number of halogens is 1. The molecule has 2 aromatic heterocycles. The fourth-order valence-electron chi connectivity index (χ4n) is 0.942. The first-order chi connectivity index (χ1) is 6.27. The highest BCUT2D eigenvalue weighted by Gasteiger charge is 2.12. The van der Waals surface area contributed by atoms with Crippen LogP contribution in [0.2, 0.25) is 4.34 Å². The van der Waals surface area contributed by atoms with Gasteiger partial charge in [0.05, 0.1) is 9.21 Å². The molecule has 0 unspecified atom stereocenters. The van der Waals surface area contributed by atoms with Crippen molar-refractivity contribution in [3.63, 3.8) is 0 Å². The average Bonchev–Trinajstić information content (AvgIpc) is 2.72. The normalized spacial score (nSPS) is 10.2. The van der Waals surface area contributed by atoms with Crippen LogP contribution < -0.4 is 0 Å². The molecule has 0 aliphatic rings. The van der Waals surface area contributed by atoms with Crippen molar-refractivity contribution in [2.75, 3.05) is 0 Å². The Kier molecular flexibility index (Phi) is 2.16. The van der Waals surface area contributed by atoms with Crippen molar-refractivity contribution in [3.05, 3.63) is 39.6 Å². The van der Waals surface area contributed by atoms with Crippen molar-refractivity contribution >= 4 is 28.7 Å². The number of hydrogen-bond acceptors (Lipinski definition) is 3. The molecule has 0 radical (unpaired) electrons. The minimum Gasteiger partial charge on any atom is -0.342 e. The van der Waals surface area contributed by atoms with Crippen molar-refractivity contribution < 1.29 is 4.79 Å². The summed E-state index contributed by atoms with van der Waals surface area (Å²) in [7, 11) is 0. The lowest BCUT2D eigenvalue weighted by Gasteiger charge is -1.89. The summed E-state index contributed by atoms with van der Waals surface area (Å²) in [5.41, 5.74) is 0. The van der Waals surface area contributed by atoms with Gasteiger partial charge in [-0.15, -0.1) is 11.3 Å². The fraction of sp³-hybridized carbons (Fsp3) is 0. The Bertz CT molecular complexity index is 421. The maximum absolute atomic E-state index is 11.6. The van der Waals surface area contributed by atoms with E-state index in [4.69, 9.17) is 11.6 Å². The highest BCUT2D eigenvalue weighted by molar-refractivity contribution is 7.18. The Hall–Kier alpha value is -1.13. The number of ketones is 1. The molecular formula is C8H5ClN2OS. The quantitative estimate of drug-likeness (QED) is 0.777. The number of thiophene rings is 1. The van der Waals surface area contributed by atoms with Crippen molar-refractivity contribution in [2.24, 2.45) is 0 Å². The summed E-state index contributed by atoms with van der Waals surface area (Å²) in [5, 5.41) is 0. The summed E-state index contributed by atoms with van der Waals surface area (Å²) in [4.78, 5) is 18.8. The summed E-state index contributed by atoms with van der Waals surface area (Å²) < 4.78 is 0.606. The Balaban J connectivity index is 2.33. The van der Waals surface area contributed by atoms with Crippen LogP contribution in [0.25, 0.3) is 0 Å². The number of nitrogens with zero attached hydrogens (tertiary/aromatic N) is 1. The van der Waals surface area contributed by atoms with Crippen molar-refractivity contribution in [2.45, 2.75) is 0 Å². The number of nitrogens with one attached hydrogen (secondary N) is 1. The molecule has 0 bridgehead atoms. The molecule has 0 aliphatic carbocycles. The molecule has 0 spiro atoms. The van der Waals surface area contributed by atoms with E-state index >= 15 is 0 Å². The molecule has 0 atom stereocenters. The predicted octanol–water partition coefficient (Wildman–Crippen LogP) is 2.36. The topological polar surface area (TPSA) is 45.8 Å². The highest BCUT2D eigenvalue weighted by atomic mass is 35.5. The minimum absolute atomic E-state index is 0.123. The zero-order valence-electron chi connectivity index (χ0n) is 6.45. The number of rotatable bonds is 2. The van der Waals surface area contributed by atoms with Gasteiger partial charge in [0.1, 0.15) is 0 Å². The molecule has 0 fully saturated rings. The predicted molar refractivity (Wildman–Crippen MR) is 51.3 cm³/mol. The third-order valence-corrected chi connectivity index (χ3v) is 2.74. The van der Waals surface area contributed by atoms with E-state index < -0.39 is 0 Å². The highest BCUT2D eigenvalue weighted by Crippen LogP contribution is 2.22. The molecule has 2 aromatic rings. The van der Waals surface area contributed by atoms with Gasteiger partial charge < -0.3 is 4.98 Å². The van der Waals surface area contributed by atoms with Crippen LogP contribution in [0, 0.1) is 0 Å². The van der Waals surface area contributed by atoms with Crippen LogP contribution in [0.1, 0.15) is 15.5 Å². The smallest absolute Gasteiger partial charge is 0.238 e. The van der Waals surface area contributed by atoms with Crippen LogP contribution in [0.15, 0.2) is 24.5 Å². The van der Waals surface area contributed by atoms with Crippen LogP contribution in [0.3, 0.4) is 0 Å². The molecule has 3 nitrogen and oxygen atoms in total. The van der Waals surface area contributed by atoms with E-state index in [1.807, 2.05) is 0 Å². The van der Waals surface area contributed by atoms with Crippen LogP contribution in [0.5, 0.6) is 0 Å². The van der Waals surface area contributed by atoms with Gasteiger partial charge in [-0.05, 0) is 12.1 Å². The summed E-state index contributed by atoms with van der Waals surface area (Å²) in [6.07, 6.45) is 3.16. The molecule has 5 heteroatoms. The lowest BCUT2D eigenvalue weighted by molar-refractivity contribution is 0.103. The molecule has 66 valence electrons. The molecule has 2 heterocycles. The van der Waals surface area contributed by atoms with Gasteiger partial charge >= 0.3 is 0 Å². The van der Waals surface area contributed by atoms with Gasteiger partial charge in [0.2, 0.25) is 5.78 Å². The maximum atomic E-state index is 11.6. The number of imidazole rings is 1. The molecule has 0 aromatic carbocycles. The zero-order valence-corrected chi connectivity index (χ0v) is 8.02. The Labute approximate surface area is 83.4 Å². The summed E-state index contributed by atoms with van der Waals surface area (Å²) in [6.45, 7) is 0. The van der Waals surface area contributed by atoms with E-state index in [0.29, 0.717) is 15.0 Å². The largest absolute Gasteiger partial charge is 0.342 e. The van der Waals surface area contributed by atoms with Gasteiger partial charge in [-0.1, -0.05) is 11.6 Å². The van der Waals surface area contributed by atoms with Gasteiger partial charge in [-0.3, -0.25) is 4.79 Å². The van der Waals surface area contributed by atoms with E-state index in [-0.39, 0.29) is 5.78 Å². The van der Waals surface area contributed by atoms with E-state index in [9.17, 15) is 4.79 Å². The summed E-state index contributed by atoms with van der Waals surface area (Å²) >= 11 is 6.95. The molecular weight excluding hydrogens is 208 g/mol. The number of hydrogen-bond donors (Lipinski definition) is 1. The first-order valence-corrected chi connectivity index (χ1v) is 4.76. The van der Waals surface area contributed by atoms with Gasteiger partial charge in [0.25, 0.3) is 0 Å². The van der Waals surface area contributed by atoms with Gasteiger partial charge in [0, 0.05) is 12.4 Å². The van der Waals surface area contributed by atoms with Crippen LogP contribution in [0.4, 0.5) is 0 Å². The SMILES string of the molecule is O=C(c1ncc[nH]1)c1ccc(Cl)s1. The van der Waals surface area contributed by atoms with E-state index in [0.717, 1.165) is 0 Å². The zero-order chi connectivity index (χ0) is 9.26. The van der Waals surface area contributed by atoms with Gasteiger partial charge in [-0.25, -0.2) is 4.98 Å². The van der Waals surface area contributed by atoms with Crippen LogP contribution in [-0.2, 0) is 0 Å². The number of H-pyrrole nitrogens is 1. The number of carbonyl (C=O) groups is 1. The Morgan fingerprint density at radius 3 is 2.92 bits per heavy atom. The van der Waals surface area contributed by atoms with Crippen molar-refractivity contribution in [1.82, 2.24) is 9.97 Å². The maximum Gasteiger partial charge on any atom is 0.238 e. The second kappa shape index (κ2) is 3.32. The lowest BCUT2D eigenvalue weighted by Crippen LogP contribution is -2.00. The number of carbonyl (C=O) groups excluding carboxylic acids is 1. The average molecular weight is 213 g/mol. The van der Waals surface area contributed by atoms with E-state index in [1.165, 1.54) is 11.3 Å². The molecule has 1 N–H and O–H groups in total. The van der Waals surface area contributed by atoms with Crippen molar-refractivity contribution in [3.8, 4) is 0 Å². The molecule has 0 saturated carbocycles. The van der Waals surface area contributed by atoms with Crippen LogP contribution >= 0.6 is 22.9 Å². The number of aromatic amines is 1. The summed E-state index contributed by atoms with van der Waals surface area (Å²) in [5.74, 6) is 0.223. The third-order valence-electron chi connectivity index (χ3n) is 1.51. The van der Waals surface area contributed by atoms with Gasteiger partial charge in [0.15, 0.2) is 5.82 Å². The lowest BCUT2D eigenvalue weighted by atomic mass is 10.3. The first-order valence-electron chi connectivity index (χ1n) is 3.57. The van der Waals surface area contributed by atoms with E-state index in [2.05, 4.69) is 9.97 Å². The second-order valence-electron chi connectivity index (χ2n) is 2.37. The first kappa shape index (κ1) is 8.47. The van der Waals surface area contributed by atoms with Crippen LogP contribution in [-0.4, -0.2) is 15.8 Å². The minimum atomic E-state index is -0.123. The molecule has 2 rings (SSSR count). The molecule has 0 saturated heterocycles. The monoisotopic (exact) mass is 212 g/mol.